The first-order valence-electron chi connectivity index (χ1n) is 13.5. The Labute approximate surface area is 213 Å². The van der Waals surface area contributed by atoms with Crippen LogP contribution in [0.2, 0.25) is 0 Å². The van der Waals surface area contributed by atoms with Crippen molar-refractivity contribution in [1.29, 1.82) is 0 Å². The van der Waals surface area contributed by atoms with Crippen molar-refractivity contribution >= 4 is 23.2 Å². The van der Waals surface area contributed by atoms with Gasteiger partial charge in [0.25, 0.3) is 5.69 Å². The molecule has 3 aliphatic carbocycles. The summed E-state index contributed by atoms with van der Waals surface area (Å²) in [6.45, 7) is 11.1. The predicted octanol–water partition coefficient (Wildman–Crippen LogP) is 6.83. The maximum atomic E-state index is 13.8. The van der Waals surface area contributed by atoms with E-state index in [1.807, 2.05) is 20.8 Å². The fourth-order valence-corrected chi connectivity index (χ4v) is 8.08. The lowest BCUT2D eigenvalue weighted by Gasteiger charge is -2.59. The van der Waals surface area contributed by atoms with Crippen LogP contribution < -0.4 is 5.32 Å². The molecule has 7 nitrogen and oxygen atoms in total. The standard InChI is InChI=1S/C29H39N3O4/c1-27(2,3)23-9-8-18(15-24(23)32(35)36)30-26(34)31-17-20-21-7-6-12-28(21,4)13-11-22(20)29(5)14-10-19(33)16-25(29)31/h8-9,15-16,20-22H,6-7,10-14,17H2,1-5H3,(H,30,34)/t20-,21-,22-,28-,29+/m0/s1. The number of likely N-dealkylation sites (tertiary alicyclic amines) is 1. The van der Waals surface area contributed by atoms with Crippen molar-refractivity contribution in [2.45, 2.75) is 85.0 Å². The van der Waals surface area contributed by atoms with Crippen LogP contribution in [0.25, 0.3) is 0 Å². The third-order valence-electron chi connectivity index (χ3n) is 9.99. The van der Waals surface area contributed by atoms with Crippen molar-refractivity contribution in [3.63, 3.8) is 0 Å². The zero-order chi connectivity index (χ0) is 26.0. The van der Waals surface area contributed by atoms with Gasteiger partial charge >= 0.3 is 6.03 Å². The zero-order valence-electron chi connectivity index (χ0n) is 22.2. The Balaban J connectivity index is 1.49. The second kappa shape index (κ2) is 8.42. The topological polar surface area (TPSA) is 92.6 Å². The first-order chi connectivity index (χ1) is 16.8. The molecule has 0 bridgehead atoms. The minimum atomic E-state index is -0.392. The van der Waals surface area contributed by atoms with Gasteiger partial charge in [0.1, 0.15) is 0 Å². The maximum Gasteiger partial charge on any atom is 0.326 e. The third-order valence-corrected chi connectivity index (χ3v) is 9.99. The lowest BCUT2D eigenvalue weighted by atomic mass is 9.50. The largest absolute Gasteiger partial charge is 0.326 e. The summed E-state index contributed by atoms with van der Waals surface area (Å²) in [7, 11) is 0. The molecule has 1 aromatic carbocycles. The van der Waals surface area contributed by atoms with Gasteiger partial charge in [-0.25, -0.2) is 4.79 Å². The molecular formula is C29H39N3O4. The molecule has 3 fully saturated rings. The quantitative estimate of drug-likeness (QED) is 0.361. The second-order valence-corrected chi connectivity index (χ2v) is 13.2. The number of amides is 2. The summed E-state index contributed by atoms with van der Waals surface area (Å²) in [6, 6.07) is 4.63. The number of carbonyl (C=O) groups is 2. The molecule has 4 aliphatic rings. The van der Waals surface area contributed by atoms with Crippen LogP contribution >= 0.6 is 0 Å². The van der Waals surface area contributed by atoms with Gasteiger partial charge in [0.15, 0.2) is 5.78 Å². The minimum Gasteiger partial charge on any atom is -0.307 e. The summed E-state index contributed by atoms with van der Waals surface area (Å²) in [4.78, 5) is 39.5. The van der Waals surface area contributed by atoms with Gasteiger partial charge in [-0.05, 0) is 72.8 Å². The molecule has 5 rings (SSSR count). The molecule has 2 amide bonds. The number of fused-ring (bicyclic) bond motifs is 5. The van der Waals surface area contributed by atoms with Crippen LogP contribution in [0.4, 0.5) is 16.2 Å². The highest BCUT2D eigenvalue weighted by Crippen LogP contribution is 2.64. The average molecular weight is 494 g/mol. The highest BCUT2D eigenvalue weighted by Gasteiger charge is 2.58. The van der Waals surface area contributed by atoms with Gasteiger partial charge < -0.3 is 5.32 Å². The van der Waals surface area contributed by atoms with Crippen molar-refractivity contribution in [2.24, 2.45) is 28.6 Å². The number of piperidine rings is 1. The lowest BCUT2D eigenvalue weighted by molar-refractivity contribution is -0.385. The van der Waals surface area contributed by atoms with Crippen LogP contribution in [0, 0.1) is 38.7 Å². The first kappa shape index (κ1) is 25.0. The number of nitrogens with zero attached hydrogens (tertiary/aromatic N) is 2. The Bertz CT molecular complexity index is 1150. The third kappa shape index (κ3) is 3.95. The minimum absolute atomic E-state index is 0.00455. The van der Waals surface area contributed by atoms with Crippen molar-refractivity contribution < 1.29 is 14.5 Å². The number of nitro benzene ring substituents is 1. The van der Waals surface area contributed by atoms with Gasteiger partial charge in [-0.1, -0.05) is 41.0 Å². The Hall–Kier alpha value is -2.70. The number of allylic oxidation sites excluding steroid dienone is 2. The number of hydrogen-bond donors (Lipinski definition) is 1. The zero-order valence-corrected chi connectivity index (χ0v) is 22.2. The summed E-state index contributed by atoms with van der Waals surface area (Å²) in [5, 5.41) is 14.7. The molecule has 1 N–H and O–H groups in total. The van der Waals surface area contributed by atoms with E-state index in [0.29, 0.717) is 47.4 Å². The Morgan fingerprint density at radius 1 is 1.14 bits per heavy atom. The van der Waals surface area contributed by atoms with E-state index in [1.54, 1.807) is 23.1 Å². The molecule has 1 aromatic rings. The van der Waals surface area contributed by atoms with E-state index >= 15 is 0 Å². The van der Waals surface area contributed by atoms with E-state index in [1.165, 1.54) is 31.7 Å². The van der Waals surface area contributed by atoms with Gasteiger partial charge in [-0.15, -0.1) is 0 Å². The van der Waals surface area contributed by atoms with Crippen molar-refractivity contribution in [3.05, 3.63) is 45.6 Å². The summed E-state index contributed by atoms with van der Waals surface area (Å²) in [5.74, 6) is 1.55. The Kier molecular flexibility index (Phi) is 5.84. The van der Waals surface area contributed by atoms with E-state index in [2.05, 4.69) is 19.2 Å². The van der Waals surface area contributed by atoms with Gasteiger partial charge in [-0.2, -0.15) is 0 Å². The monoisotopic (exact) mass is 493 g/mol. The van der Waals surface area contributed by atoms with Crippen molar-refractivity contribution in [1.82, 2.24) is 4.90 Å². The van der Waals surface area contributed by atoms with Gasteiger partial charge in [0.05, 0.1) is 4.92 Å². The van der Waals surface area contributed by atoms with Crippen LogP contribution in [-0.2, 0) is 10.2 Å². The molecule has 36 heavy (non-hydrogen) atoms. The van der Waals surface area contributed by atoms with Crippen LogP contribution in [0.1, 0.15) is 85.1 Å². The fraction of sp³-hybridized carbons (Fsp3) is 0.655. The van der Waals surface area contributed by atoms with E-state index in [9.17, 15) is 19.7 Å². The van der Waals surface area contributed by atoms with E-state index in [0.717, 1.165) is 18.5 Å². The molecule has 2 saturated carbocycles. The van der Waals surface area contributed by atoms with E-state index in [-0.39, 0.29) is 27.8 Å². The molecule has 1 aliphatic heterocycles. The number of nitro groups is 1. The number of nitrogens with one attached hydrogen (secondary N) is 1. The summed E-state index contributed by atoms with van der Waals surface area (Å²) in [6.07, 6.45) is 9.10. The second-order valence-electron chi connectivity index (χ2n) is 13.2. The molecular weight excluding hydrogens is 454 g/mol. The number of ketones is 1. The number of rotatable bonds is 2. The van der Waals surface area contributed by atoms with Gasteiger partial charge in [0, 0.05) is 47.5 Å². The number of hydrogen-bond acceptors (Lipinski definition) is 4. The van der Waals surface area contributed by atoms with E-state index < -0.39 is 5.41 Å². The number of urea groups is 1. The SMILES string of the molecule is CC(C)(C)c1ccc(NC(=O)N2C[C@H]3[C@@H]4CCC[C@@]4(C)CC[C@@H]3[C@@]3(C)CCC(=O)C=C23)cc1[N+](=O)[O-]. The van der Waals surface area contributed by atoms with Gasteiger partial charge in [0.2, 0.25) is 0 Å². The summed E-state index contributed by atoms with van der Waals surface area (Å²) in [5.41, 5.74) is 1.61. The number of benzene rings is 1. The van der Waals surface area contributed by atoms with Gasteiger partial charge in [-0.3, -0.25) is 19.8 Å². The van der Waals surface area contributed by atoms with Crippen molar-refractivity contribution in [2.75, 3.05) is 11.9 Å². The highest BCUT2D eigenvalue weighted by atomic mass is 16.6. The Morgan fingerprint density at radius 2 is 1.89 bits per heavy atom. The molecule has 7 heteroatoms. The van der Waals surface area contributed by atoms with Crippen LogP contribution in [-0.4, -0.2) is 28.2 Å². The van der Waals surface area contributed by atoms with Crippen LogP contribution in [0.15, 0.2) is 30.0 Å². The van der Waals surface area contributed by atoms with Crippen LogP contribution in [0.5, 0.6) is 0 Å². The molecule has 0 unspecified atom stereocenters. The van der Waals surface area contributed by atoms with E-state index in [4.69, 9.17) is 0 Å². The highest BCUT2D eigenvalue weighted by molar-refractivity contribution is 5.95. The molecule has 1 saturated heterocycles. The fourth-order valence-electron chi connectivity index (χ4n) is 8.08. The molecule has 194 valence electrons. The molecule has 0 aromatic heterocycles. The first-order valence-corrected chi connectivity index (χ1v) is 13.5. The normalized spacial score (nSPS) is 33.8. The summed E-state index contributed by atoms with van der Waals surface area (Å²) < 4.78 is 0. The average Bonchev–Trinajstić information content (AvgIpc) is 3.20. The molecule has 0 radical (unpaired) electrons. The number of carbonyl (C=O) groups excluding carboxylic acids is 2. The van der Waals surface area contributed by atoms with Crippen LogP contribution in [0.3, 0.4) is 0 Å². The maximum absolute atomic E-state index is 13.8. The lowest BCUT2D eigenvalue weighted by Crippen LogP contribution is -2.59. The van der Waals surface area contributed by atoms with Crippen molar-refractivity contribution in [3.8, 4) is 0 Å². The molecule has 0 spiro atoms. The number of anilines is 1. The Morgan fingerprint density at radius 3 is 2.58 bits per heavy atom. The summed E-state index contributed by atoms with van der Waals surface area (Å²) >= 11 is 0. The molecule has 1 heterocycles. The predicted molar refractivity (Wildman–Crippen MR) is 140 cm³/mol. The molecule has 5 atom stereocenters. The smallest absolute Gasteiger partial charge is 0.307 e.